The minimum atomic E-state index is 0.205. The van der Waals surface area contributed by atoms with Crippen molar-refractivity contribution >= 4 is 5.71 Å². The third-order valence-corrected chi connectivity index (χ3v) is 3.92. The molecule has 0 spiro atoms. The smallest absolute Gasteiger partial charge is 0.0493 e. The summed E-state index contributed by atoms with van der Waals surface area (Å²) in [5, 5.41) is 0. The first-order chi connectivity index (χ1) is 6.17. The summed E-state index contributed by atoms with van der Waals surface area (Å²) in [6, 6.07) is 0. The number of hydrogen-bond acceptors (Lipinski definition) is 1. The van der Waals surface area contributed by atoms with E-state index in [4.69, 9.17) is 0 Å². The standard InChI is InChI=1S/C12H13N/c1-11-7-9-5-3-4-6-10(13-8-11)12(9,11)2/h3-7H,8H2,1-2H3. The molecule has 0 amide bonds. The van der Waals surface area contributed by atoms with Gasteiger partial charge in [-0.15, -0.1) is 0 Å². The molecule has 0 aromatic rings. The van der Waals surface area contributed by atoms with Crippen LogP contribution in [0.4, 0.5) is 0 Å². The SMILES string of the molecule is CC12C=C3C=CC=CC(=NC1)C32C. The van der Waals surface area contributed by atoms with E-state index >= 15 is 0 Å². The topological polar surface area (TPSA) is 12.4 Å². The van der Waals surface area contributed by atoms with Gasteiger partial charge in [-0.05, 0) is 18.6 Å². The van der Waals surface area contributed by atoms with Crippen molar-refractivity contribution in [2.75, 3.05) is 6.54 Å². The highest BCUT2D eigenvalue weighted by atomic mass is 14.9. The molecule has 0 saturated heterocycles. The van der Waals surface area contributed by atoms with Crippen LogP contribution in [0.2, 0.25) is 0 Å². The minimum Gasteiger partial charge on any atom is -0.288 e. The van der Waals surface area contributed by atoms with Gasteiger partial charge in [-0.25, -0.2) is 0 Å². The van der Waals surface area contributed by atoms with E-state index < -0.39 is 0 Å². The summed E-state index contributed by atoms with van der Waals surface area (Å²) in [5.74, 6) is 0. The molecule has 3 aliphatic rings. The molecule has 66 valence electrons. The summed E-state index contributed by atoms with van der Waals surface area (Å²) in [4.78, 5) is 4.62. The molecule has 2 unspecified atom stereocenters. The van der Waals surface area contributed by atoms with Crippen molar-refractivity contribution in [2.45, 2.75) is 13.8 Å². The molecule has 0 saturated carbocycles. The van der Waals surface area contributed by atoms with Gasteiger partial charge in [0.15, 0.2) is 0 Å². The lowest BCUT2D eigenvalue weighted by molar-refractivity contribution is 0.242. The van der Waals surface area contributed by atoms with E-state index in [-0.39, 0.29) is 10.8 Å². The second-order valence-corrected chi connectivity index (χ2v) is 4.56. The first kappa shape index (κ1) is 7.31. The largest absolute Gasteiger partial charge is 0.288 e. The zero-order chi connectivity index (χ0) is 9.10. The van der Waals surface area contributed by atoms with E-state index in [1.807, 2.05) is 0 Å². The van der Waals surface area contributed by atoms with Gasteiger partial charge in [-0.1, -0.05) is 31.2 Å². The van der Waals surface area contributed by atoms with Crippen LogP contribution in [-0.2, 0) is 0 Å². The highest BCUT2D eigenvalue weighted by Crippen LogP contribution is 2.60. The molecule has 0 aromatic heterocycles. The Balaban J connectivity index is 2.26. The summed E-state index contributed by atoms with van der Waals surface area (Å²) in [6.45, 7) is 5.58. The molecule has 1 aliphatic heterocycles. The van der Waals surface area contributed by atoms with Gasteiger partial charge in [0.25, 0.3) is 0 Å². The number of allylic oxidation sites excluding steroid dienone is 5. The molecule has 1 heterocycles. The third kappa shape index (κ3) is 0.599. The van der Waals surface area contributed by atoms with Crippen molar-refractivity contribution in [3.8, 4) is 0 Å². The number of rotatable bonds is 0. The van der Waals surface area contributed by atoms with E-state index in [1.54, 1.807) is 0 Å². The molecule has 1 nitrogen and oxygen atoms in total. The Bertz CT molecular complexity index is 397. The van der Waals surface area contributed by atoms with Crippen LogP contribution in [0.3, 0.4) is 0 Å². The second-order valence-electron chi connectivity index (χ2n) is 4.56. The van der Waals surface area contributed by atoms with Crippen LogP contribution in [0.15, 0.2) is 40.9 Å². The minimum absolute atomic E-state index is 0.205. The molecule has 1 heteroatoms. The number of nitrogens with zero attached hydrogens (tertiary/aromatic N) is 1. The molecular weight excluding hydrogens is 158 g/mol. The molecule has 0 radical (unpaired) electrons. The van der Waals surface area contributed by atoms with E-state index in [1.165, 1.54) is 11.3 Å². The molecule has 3 rings (SSSR count). The van der Waals surface area contributed by atoms with Crippen molar-refractivity contribution < 1.29 is 0 Å². The zero-order valence-electron chi connectivity index (χ0n) is 8.04. The quantitative estimate of drug-likeness (QED) is 0.531. The second kappa shape index (κ2) is 1.87. The average Bonchev–Trinajstić information content (AvgIpc) is 2.25. The summed E-state index contributed by atoms with van der Waals surface area (Å²) >= 11 is 0. The van der Waals surface area contributed by atoms with E-state index in [2.05, 4.69) is 49.2 Å². The Morgan fingerprint density at radius 2 is 2.00 bits per heavy atom. The molecule has 0 fully saturated rings. The number of aliphatic imine (C=N–C) groups is 1. The van der Waals surface area contributed by atoms with E-state index in [0.717, 1.165) is 6.54 Å². The van der Waals surface area contributed by atoms with Crippen LogP contribution >= 0.6 is 0 Å². The highest BCUT2D eigenvalue weighted by Gasteiger charge is 2.58. The number of hydrogen-bond donors (Lipinski definition) is 0. The summed E-state index contributed by atoms with van der Waals surface area (Å²) in [5.41, 5.74) is 3.20. The maximum absolute atomic E-state index is 4.62. The fraction of sp³-hybridized carbons (Fsp3) is 0.417. The average molecular weight is 171 g/mol. The van der Waals surface area contributed by atoms with Crippen molar-refractivity contribution in [2.24, 2.45) is 15.8 Å². The Labute approximate surface area is 78.6 Å². The molecule has 2 aliphatic carbocycles. The van der Waals surface area contributed by atoms with Crippen LogP contribution in [0, 0.1) is 10.8 Å². The van der Waals surface area contributed by atoms with E-state index in [9.17, 15) is 0 Å². The lowest BCUT2D eigenvalue weighted by Gasteiger charge is -2.49. The highest BCUT2D eigenvalue weighted by molar-refractivity contribution is 6.06. The van der Waals surface area contributed by atoms with Crippen LogP contribution in [-0.4, -0.2) is 12.3 Å². The van der Waals surface area contributed by atoms with Gasteiger partial charge in [0.1, 0.15) is 0 Å². The summed E-state index contributed by atoms with van der Waals surface area (Å²) < 4.78 is 0. The van der Waals surface area contributed by atoms with Crippen LogP contribution in [0.1, 0.15) is 13.8 Å². The molecule has 13 heavy (non-hydrogen) atoms. The monoisotopic (exact) mass is 171 g/mol. The first-order valence-electron chi connectivity index (χ1n) is 4.80. The predicted molar refractivity (Wildman–Crippen MR) is 54.9 cm³/mol. The van der Waals surface area contributed by atoms with Gasteiger partial charge in [-0.3, -0.25) is 4.99 Å². The molecule has 0 aromatic carbocycles. The fourth-order valence-corrected chi connectivity index (χ4v) is 2.68. The van der Waals surface area contributed by atoms with Crippen molar-refractivity contribution in [1.82, 2.24) is 0 Å². The first-order valence-corrected chi connectivity index (χ1v) is 4.80. The Kier molecular flexibility index (Phi) is 1.05. The summed E-state index contributed by atoms with van der Waals surface area (Å²) in [7, 11) is 0. The van der Waals surface area contributed by atoms with Gasteiger partial charge in [0.2, 0.25) is 0 Å². The molecule has 2 atom stereocenters. The van der Waals surface area contributed by atoms with Gasteiger partial charge in [-0.2, -0.15) is 0 Å². The maximum Gasteiger partial charge on any atom is 0.0493 e. The van der Waals surface area contributed by atoms with Crippen molar-refractivity contribution in [3.05, 3.63) is 36.0 Å². The molecule has 0 bridgehead atoms. The van der Waals surface area contributed by atoms with Crippen molar-refractivity contribution in [3.63, 3.8) is 0 Å². The van der Waals surface area contributed by atoms with Gasteiger partial charge in [0.05, 0.1) is 0 Å². The molecule has 0 N–H and O–H groups in total. The zero-order valence-corrected chi connectivity index (χ0v) is 8.04. The third-order valence-electron chi connectivity index (χ3n) is 3.92. The molecular formula is C12H13N. The summed E-state index contributed by atoms with van der Waals surface area (Å²) in [6.07, 6.45) is 10.9. The van der Waals surface area contributed by atoms with Crippen LogP contribution < -0.4 is 0 Å². The predicted octanol–water partition coefficient (Wildman–Crippen LogP) is 2.52. The Morgan fingerprint density at radius 3 is 2.85 bits per heavy atom. The van der Waals surface area contributed by atoms with Crippen LogP contribution in [0.25, 0.3) is 0 Å². The maximum atomic E-state index is 4.62. The lowest BCUT2D eigenvalue weighted by atomic mass is 9.52. The van der Waals surface area contributed by atoms with E-state index in [0.29, 0.717) is 0 Å². The Morgan fingerprint density at radius 1 is 1.23 bits per heavy atom. The lowest BCUT2D eigenvalue weighted by Crippen LogP contribution is -2.47. The Hall–Kier alpha value is -1.11. The van der Waals surface area contributed by atoms with Gasteiger partial charge < -0.3 is 0 Å². The van der Waals surface area contributed by atoms with Crippen LogP contribution in [0.5, 0.6) is 0 Å². The normalized spacial score (nSPS) is 44.8. The van der Waals surface area contributed by atoms with Gasteiger partial charge in [0, 0.05) is 23.1 Å². The fourth-order valence-electron chi connectivity index (χ4n) is 2.68. The van der Waals surface area contributed by atoms with Gasteiger partial charge >= 0.3 is 0 Å². The van der Waals surface area contributed by atoms with Crippen molar-refractivity contribution in [1.29, 1.82) is 0 Å².